The first-order valence-corrected chi connectivity index (χ1v) is 7.06. The van der Waals surface area contributed by atoms with Gasteiger partial charge in [-0.15, -0.1) is 12.4 Å². The molecule has 126 valence electrons. The van der Waals surface area contributed by atoms with Crippen molar-refractivity contribution in [2.45, 2.75) is 52.1 Å². The van der Waals surface area contributed by atoms with Gasteiger partial charge in [-0.2, -0.15) is 0 Å². The zero-order valence-electron chi connectivity index (χ0n) is 13.2. The SMILES string of the molecule is CCC(CC)(CN)NC(=O)CCn1cc([N+](=O)[O-])nc1C.Cl. The van der Waals surface area contributed by atoms with Crippen molar-refractivity contribution in [2.24, 2.45) is 5.73 Å². The second kappa shape index (κ2) is 8.70. The topological polar surface area (TPSA) is 116 Å². The van der Waals surface area contributed by atoms with Crippen LogP contribution in [0, 0.1) is 17.0 Å². The fraction of sp³-hybridized carbons (Fsp3) is 0.692. The third kappa shape index (κ3) is 4.96. The largest absolute Gasteiger partial charge is 0.381 e. The Kier molecular flexibility index (Phi) is 8.04. The molecule has 1 rings (SSSR count). The van der Waals surface area contributed by atoms with Gasteiger partial charge < -0.3 is 25.7 Å². The summed E-state index contributed by atoms with van der Waals surface area (Å²) in [6.07, 6.45) is 3.11. The van der Waals surface area contributed by atoms with Gasteiger partial charge in [-0.3, -0.25) is 4.79 Å². The molecule has 0 atom stereocenters. The summed E-state index contributed by atoms with van der Waals surface area (Å²) in [5, 5.41) is 13.6. The lowest BCUT2D eigenvalue weighted by Crippen LogP contribution is -2.53. The average Bonchev–Trinajstić information content (AvgIpc) is 2.84. The molecule has 22 heavy (non-hydrogen) atoms. The van der Waals surface area contributed by atoms with E-state index in [1.807, 2.05) is 13.8 Å². The van der Waals surface area contributed by atoms with E-state index in [0.29, 0.717) is 18.9 Å². The summed E-state index contributed by atoms with van der Waals surface area (Å²) in [5.41, 5.74) is 5.37. The molecule has 0 aromatic carbocycles. The maximum Gasteiger partial charge on any atom is 0.381 e. The molecule has 1 aromatic rings. The Morgan fingerprint density at radius 1 is 1.50 bits per heavy atom. The molecule has 0 fully saturated rings. The van der Waals surface area contributed by atoms with Crippen LogP contribution in [0.1, 0.15) is 38.9 Å². The lowest BCUT2D eigenvalue weighted by atomic mass is 9.93. The molecule has 0 aliphatic heterocycles. The van der Waals surface area contributed by atoms with Gasteiger partial charge >= 0.3 is 5.82 Å². The minimum atomic E-state index is -0.544. The number of nitro groups is 1. The minimum Gasteiger partial charge on any atom is -0.358 e. The summed E-state index contributed by atoms with van der Waals surface area (Å²) in [4.78, 5) is 26.0. The molecule has 3 N–H and O–H groups in total. The van der Waals surface area contributed by atoms with E-state index in [0.717, 1.165) is 12.8 Å². The number of hydrogen-bond donors (Lipinski definition) is 2. The van der Waals surface area contributed by atoms with E-state index in [4.69, 9.17) is 5.73 Å². The Labute approximate surface area is 136 Å². The highest BCUT2D eigenvalue weighted by Gasteiger charge is 2.26. The van der Waals surface area contributed by atoms with Gasteiger partial charge in [0, 0.05) is 26.4 Å². The molecule has 1 heterocycles. The van der Waals surface area contributed by atoms with Gasteiger partial charge in [0.15, 0.2) is 0 Å². The van der Waals surface area contributed by atoms with Crippen LogP contribution in [0.4, 0.5) is 5.82 Å². The number of carbonyl (C=O) groups excluding carboxylic acids is 1. The Bertz CT molecular complexity index is 506. The van der Waals surface area contributed by atoms with Crippen molar-refractivity contribution in [3.8, 4) is 0 Å². The molecule has 0 radical (unpaired) electrons. The van der Waals surface area contributed by atoms with Crippen LogP contribution in [0.5, 0.6) is 0 Å². The van der Waals surface area contributed by atoms with Crippen LogP contribution in [-0.4, -0.2) is 32.5 Å². The van der Waals surface area contributed by atoms with Crippen molar-refractivity contribution < 1.29 is 9.72 Å². The number of carbonyl (C=O) groups is 1. The molecule has 0 bridgehead atoms. The Morgan fingerprint density at radius 3 is 2.50 bits per heavy atom. The molecule has 0 saturated heterocycles. The monoisotopic (exact) mass is 333 g/mol. The number of aryl methyl sites for hydroxylation is 2. The number of hydrogen-bond acceptors (Lipinski definition) is 5. The number of halogens is 1. The quantitative estimate of drug-likeness (QED) is 0.553. The predicted molar refractivity (Wildman–Crippen MR) is 86.0 cm³/mol. The van der Waals surface area contributed by atoms with E-state index in [-0.39, 0.29) is 36.1 Å². The van der Waals surface area contributed by atoms with Gasteiger partial charge in [-0.1, -0.05) is 13.8 Å². The third-order valence-electron chi connectivity index (χ3n) is 3.88. The van der Waals surface area contributed by atoms with E-state index < -0.39 is 4.92 Å². The number of rotatable bonds is 8. The molecule has 0 saturated carbocycles. The second-order valence-corrected chi connectivity index (χ2v) is 5.09. The smallest absolute Gasteiger partial charge is 0.358 e. The minimum absolute atomic E-state index is 0. The normalized spacial score (nSPS) is 10.9. The average molecular weight is 334 g/mol. The first-order chi connectivity index (χ1) is 9.87. The number of imidazole rings is 1. The molecule has 8 nitrogen and oxygen atoms in total. The van der Waals surface area contributed by atoms with Crippen molar-refractivity contribution in [1.29, 1.82) is 0 Å². The van der Waals surface area contributed by atoms with Crippen molar-refractivity contribution in [1.82, 2.24) is 14.9 Å². The maximum absolute atomic E-state index is 12.0. The van der Waals surface area contributed by atoms with Crippen LogP contribution in [-0.2, 0) is 11.3 Å². The van der Waals surface area contributed by atoms with Gasteiger partial charge in [-0.25, -0.2) is 0 Å². The van der Waals surface area contributed by atoms with Crippen LogP contribution in [0.25, 0.3) is 0 Å². The van der Waals surface area contributed by atoms with Crippen LogP contribution in [0.15, 0.2) is 6.20 Å². The van der Waals surface area contributed by atoms with E-state index in [1.165, 1.54) is 6.20 Å². The first kappa shape index (κ1) is 20.3. The number of aromatic nitrogens is 2. The van der Waals surface area contributed by atoms with Crippen molar-refractivity contribution in [3.63, 3.8) is 0 Å². The highest BCUT2D eigenvalue weighted by molar-refractivity contribution is 5.85. The highest BCUT2D eigenvalue weighted by Crippen LogP contribution is 2.14. The molecular weight excluding hydrogens is 310 g/mol. The van der Waals surface area contributed by atoms with Gasteiger partial charge in [0.25, 0.3) is 0 Å². The highest BCUT2D eigenvalue weighted by atomic mass is 35.5. The summed E-state index contributed by atoms with van der Waals surface area (Å²) in [5.74, 6) is 0.205. The molecular formula is C13H24ClN5O3. The predicted octanol–water partition coefficient (Wildman–Crippen LogP) is 1.55. The second-order valence-electron chi connectivity index (χ2n) is 5.09. The summed E-state index contributed by atoms with van der Waals surface area (Å²) in [6.45, 7) is 6.39. The van der Waals surface area contributed by atoms with Crippen molar-refractivity contribution in [3.05, 3.63) is 22.1 Å². The number of nitrogens with zero attached hydrogens (tertiary/aromatic N) is 3. The zero-order chi connectivity index (χ0) is 16.0. The zero-order valence-corrected chi connectivity index (χ0v) is 14.0. The van der Waals surface area contributed by atoms with Gasteiger partial charge in [-0.05, 0) is 22.7 Å². The van der Waals surface area contributed by atoms with E-state index in [9.17, 15) is 14.9 Å². The number of nitrogens with one attached hydrogen (secondary N) is 1. The summed E-state index contributed by atoms with van der Waals surface area (Å²) in [7, 11) is 0. The Morgan fingerprint density at radius 2 is 2.09 bits per heavy atom. The molecule has 9 heteroatoms. The fourth-order valence-electron chi connectivity index (χ4n) is 2.15. The lowest BCUT2D eigenvalue weighted by molar-refractivity contribution is -0.389. The Balaban J connectivity index is 0.00000441. The first-order valence-electron chi connectivity index (χ1n) is 7.06. The van der Waals surface area contributed by atoms with Gasteiger partial charge in [0.05, 0.1) is 5.54 Å². The number of nitrogens with two attached hydrogens (primary N) is 1. The molecule has 0 aliphatic rings. The van der Waals surface area contributed by atoms with E-state index in [2.05, 4.69) is 10.3 Å². The molecule has 0 aliphatic carbocycles. The number of amides is 1. The standard InChI is InChI=1S/C13H23N5O3.ClH/c1-4-13(5-2,9-14)16-12(19)6-7-17-8-11(18(20)21)15-10(17)3;/h8H,4-7,9,14H2,1-3H3,(H,16,19);1H. The molecule has 1 aromatic heterocycles. The molecule has 0 spiro atoms. The van der Waals surface area contributed by atoms with Crippen molar-refractivity contribution in [2.75, 3.05) is 6.54 Å². The third-order valence-corrected chi connectivity index (χ3v) is 3.88. The van der Waals surface area contributed by atoms with Crippen molar-refractivity contribution >= 4 is 24.1 Å². The maximum atomic E-state index is 12.0. The molecule has 1 amide bonds. The fourth-order valence-corrected chi connectivity index (χ4v) is 2.15. The van der Waals surface area contributed by atoms with Gasteiger partial charge in [0.2, 0.25) is 11.7 Å². The van der Waals surface area contributed by atoms with E-state index in [1.54, 1.807) is 11.5 Å². The van der Waals surface area contributed by atoms with Crippen LogP contribution < -0.4 is 11.1 Å². The summed E-state index contributed by atoms with van der Waals surface area (Å²) in [6, 6.07) is 0. The summed E-state index contributed by atoms with van der Waals surface area (Å²) < 4.78 is 1.61. The van der Waals surface area contributed by atoms with Crippen LogP contribution in [0.3, 0.4) is 0 Å². The van der Waals surface area contributed by atoms with Crippen LogP contribution in [0.2, 0.25) is 0 Å². The van der Waals surface area contributed by atoms with E-state index >= 15 is 0 Å². The summed E-state index contributed by atoms with van der Waals surface area (Å²) >= 11 is 0. The van der Waals surface area contributed by atoms with Gasteiger partial charge in [0.1, 0.15) is 6.20 Å². The lowest BCUT2D eigenvalue weighted by Gasteiger charge is -2.31. The van der Waals surface area contributed by atoms with Crippen LogP contribution >= 0.6 is 12.4 Å². The Hall–Kier alpha value is -1.67. The molecule has 0 unspecified atom stereocenters.